The first-order valence-corrected chi connectivity index (χ1v) is 10.9. The number of aliphatic hydroxyl groups is 1. The monoisotopic (exact) mass is 561 g/mol. The van der Waals surface area contributed by atoms with Crippen LogP contribution in [0.4, 0.5) is 36.7 Å². The summed E-state index contributed by atoms with van der Waals surface area (Å²) in [7, 11) is 0. The molecular formula is C23H15ClF7N5O2. The number of hydrogen-bond donors (Lipinski definition) is 3. The van der Waals surface area contributed by atoms with Crippen LogP contribution in [0, 0.1) is 11.6 Å². The number of nitrogens with one attached hydrogen (secondary N) is 1. The van der Waals surface area contributed by atoms with Crippen molar-refractivity contribution in [3.8, 4) is 11.1 Å². The number of alkyl halides is 5. The van der Waals surface area contributed by atoms with E-state index in [-0.39, 0.29) is 28.8 Å². The third-order valence-corrected chi connectivity index (χ3v) is 5.81. The number of hydrogen-bond acceptors (Lipinski definition) is 5. The van der Waals surface area contributed by atoms with Crippen LogP contribution in [-0.4, -0.2) is 38.1 Å². The van der Waals surface area contributed by atoms with Gasteiger partial charge in [0.15, 0.2) is 5.65 Å². The standard InChI is InChI=1S/C23H15ClF7N5O2/c24-14-4-3-12(10-5-6-36-16(7-10)34-21(32)35-36)18(26)17(14)20(38)33-9-22(27,28)19(37)13-2-1-11(8-15(13)25)23(29,30)31/h1-8,19,37H,9H2,(H2,32,35)(H,33,38)/t19-/m1/s1. The van der Waals surface area contributed by atoms with Gasteiger partial charge in [-0.15, -0.1) is 5.10 Å². The molecule has 0 spiro atoms. The predicted octanol–water partition coefficient (Wildman–Crippen LogP) is 5.03. The van der Waals surface area contributed by atoms with Crippen LogP contribution in [0.15, 0.2) is 48.7 Å². The number of anilines is 1. The van der Waals surface area contributed by atoms with E-state index in [1.54, 1.807) is 5.32 Å². The van der Waals surface area contributed by atoms with Crippen molar-refractivity contribution in [3.63, 3.8) is 0 Å². The molecule has 4 N–H and O–H groups in total. The Balaban J connectivity index is 1.56. The Kier molecular flexibility index (Phi) is 6.97. The van der Waals surface area contributed by atoms with Gasteiger partial charge in [0.1, 0.15) is 17.7 Å². The smallest absolute Gasteiger partial charge is 0.382 e. The summed E-state index contributed by atoms with van der Waals surface area (Å²) >= 11 is 5.94. The molecule has 2 aromatic heterocycles. The lowest BCUT2D eigenvalue weighted by Crippen LogP contribution is -2.41. The Morgan fingerprint density at radius 3 is 2.47 bits per heavy atom. The van der Waals surface area contributed by atoms with Crippen molar-refractivity contribution in [1.29, 1.82) is 0 Å². The van der Waals surface area contributed by atoms with Gasteiger partial charge >= 0.3 is 6.18 Å². The van der Waals surface area contributed by atoms with Crippen molar-refractivity contribution in [2.75, 3.05) is 12.3 Å². The van der Waals surface area contributed by atoms with Crippen LogP contribution in [-0.2, 0) is 6.18 Å². The Hall–Kier alpha value is -3.91. The number of aliphatic hydroxyl groups excluding tert-OH is 1. The van der Waals surface area contributed by atoms with Crippen LogP contribution in [0.3, 0.4) is 0 Å². The maximum Gasteiger partial charge on any atom is 0.416 e. The lowest BCUT2D eigenvalue weighted by Gasteiger charge is -2.24. The highest BCUT2D eigenvalue weighted by atomic mass is 35.5. The SMILES string of the molecule is Nc1nc2cc(-c3ccc(Cl)c(C(=O)NCC(F)(F)[C@H](O)c4ccc(C(F)(F)F)cc4F)c3F)ccn2n1. The fraction of sp³-hybridized carbons (Fsp3) is 0.174. The zero-order valence-corrected chi connectivity index (χ0v) is 19.5. The number of nitrogens with zero attached hydrogens (tertiary/aromatic N) is 3. The largest absolute Gasteiger partial charge is 0.416 e. The van der Waals surface area contributed by atoms with Crippen molar-refractivity contribution in [3.05, 3.63) is 82.0 Å². The number of rotatable bonds is 6. The summed E-state index contributed by atoms with van der Waals surface area (Å²) in [5.74, 6) is -8.59. The average Bonchev–Trinajstić information content (AvgIpc) is 3.21. The van der Waals surface area contributed by atoms with E-state index in [0.29, 0.717) is 12.1 Å². The second kappa shape index (κ2) is 9.76. The molecule has 4 rings (SSSR count). The van der Waals surface area contributed by atoms with E-state index in [2.05, 4.69) is 10.1 Å². The van der Waals surface area contributed by atoms with Gasteiger partial charge in [-0.2, -0.15) is 18.2 Å². The third-order valence-electron chi connectivity index (χ3n) is 5.49. The first kappa shape index (κ1) is 27.1. The maximum atomic E-state index is 15.3. The summed E-state index contributed by atoms with van der Waals surface area (Å²) in [6.07, 6.45) is -6.45. The molecule has 15 heteroatoms. The molecule has 0 aliphatic carbocycles. The zero-order chi connectivity index (χ0) is 28.0. The Morgan fingerprint density at radius 1 is 1.11 bits per heavy atom. The minimum absolute atomic E-state index is 0.0426. The van der Waals surface area contributed by atoms with Gasteiger partial charge in [-0.1, -0.05) is 17.7 Å². The van der Waals surface area contributed by atoms with Crippen molar-refractivity contribution < 1.29 is 40.6 Å². The molecule has 0 saturated heterocycles. The normalized spacial score (nSPS) is 13.1. The molecule has 4 aromatic rings. The van der Waals surface area contributed by atoms with E-state index in [9.17, 15) is 36.2 Å². The van der Waals surface area contributed by atoms with Crippen molar-refractivity contribution in [1.82, 2.24) is 19.9 Å². The highest BCUT2D eigenvalue weighted by molar-refractivity contribution is 6.34. The highest BCUT2D eigenvalue weighted by Crippen LogP contribution is 2.36. The molecule has 38 heavy (non-hydrogen) atoms. The van der Waals surface area contributed by atoms with Gasteiger partial charge in [0.25, 0.3) is 11.8 Å². The van der Waals surface area contributed by atoms with Crippen LogP contribution in [0.1, 0.15) is 27.6 Å². The summed E-state index contributed by atoms with van der Waals surface area (Å²) in [6, 6.07) is 5.87. The Labute approximate surface area is 213 Å². The molecule has 7 nitrogen and oxygen atoms in total. The van der Waals surface area contributed by atoms with Crippen LogP contribution < -0.4 is 11.1 Å². The molecule has 2 heterocycles. The highest BCUT2D eigenvalue weighted by Gasteiger charge is 2.42. The van der Waals surface area contributed by atoms with E-state index >= 15 is 4.39 Å². The molecule has 0 aliphatic rings. The number of halogens is 8. The number of aromatic nitrogens is 3. The van der Waals surface area contributed by atoms with Crippen LogP contribution in [0.5, 0.6) is 0 Å². The van der Waals surface area contributed by atoms with Gasteiger partial charge in [0.05, 0.1) is 22.7 Å². The summed E-state index contributed by atoms with van der Waals surface area (Å²) in [5.41, 5.74) is 2.49. The summed E-state index contributed by atoms with van der Waals surface area (Å²) in [5, 5.41) is 15.1. The van der Waals surface area contributed by atoms with E-state index in [0.717, 1.165) is 6.07 Å². The summed E-state index contributed by atoms with van der Waals surface area (Å²) < 4.78 is 98.0. The van der Waals surface area contributed by atoms with Gasteiger partial charge in [0.2, 0.25) is 5.95 Å². The fourth-order valence-electron chi connectivity index (χ4n) is 3.59. The molecule has 1 atom stereocenters. The molecule has 1 amide bonds. The van der Waals surface area contributed by atoms with Gasteiger partial charge in [-0.05, 0) is 42.0 Å². The topological polar surface area (TPSA) is 106 Å². The predicted molar refractivity (Wildman–Crippen MR) is 121 cm³/mol. The van der Waals surface area contributed by atoms with E-state index in [1.165, 1.54) is 28.9 Å². The minimum Gasteiger partial charge on any atom is -0.382 e. The summed E-state index contributed by atoms with van der Waals surface area (Å²) in [4.78, 5) is 16.6. The van der Waals surface area contributed by atoms with Crippen LogP contribution in [0.2, 0.25) is 5.02 Å². The lowest BCUT2D eigenvalue weighted by molar-refractivity contribution is -0.137. The first-order valence-electron chi connectivity index (χ1n) is 10.5. The van der Waals surface area contributed by atoms with Gasteiger partial charge in [-0.25, -0.2) is 22.1 Å². The Morgan fingerprint density at radius 2 is 1.82 bits per heavy atom. The molecule has 0 saturated carbocycles. The zero-order valence-electron chi connectivity index (χ0n) is 18.7. The number of carbonyl (C=O) groups excluding carboxylic acids is 1. The third kappa shape index (κ3) is 5.22. The number of nitrogens with two attached hydrogens (primary N) is 1. The molecular weight excluding hydrogens is 547 g/mol. The second-order valence-electron chi connectivity index (χ2n) is 8.05. The Bertz CT molecular complexity index is 1540. The van der Waals surface area contributed by atoms with Crippen LogP contribution in [0.25, 0.3) is 16.8 Å². The molecule has 0 fully saturated rings. The summed E-state index contributed by atoms with van der Waals surface area (Å²) in [6.45, 7) is -1.63. The molecule has 0 unspecified atom stereocenters. The van der Waals surface area contributed by atoms with Crippen molar-refractivity contribution >= 4 is 29.1 Å². The second-order valence-corrected chi connectivity index (χ2v) is 8.46. The van der Waals surface area contributed by atoms with Gasteiger partial charge in [-0.3, -0.25) is 4.79 Å². The minimum atomic E-state index is -4.94. The maximum absolute atomic E-state index is 15.3. The molecule has 0 radical (unpaired) electrons. The number of amides is 1. The fourth-order valence-corrected chi connectivity index (χ4v) is 3.82. The quantitative estimate of drug-likeness (QED) is 0.287. The van der Waals surface area contributed by atoms with E-state index in [1.807, 2.05) is 0 Å². The lowest BCUT2D eigenvalue weighted by atomic mass is 10.00. The van der Waals surface area contributed by atoms with Crippen molar-refractivity contribution in [2.45, 2.75) is 18.2 Å². The van der Waals surface area contributed by atoms with Crippen molar-refractivity contribution in [2.24, 2.45) is 0 Å². The first-order chi connectivity index (χ1) is 17.7. The molecule has 0 aliphatic heterocycles. The number of benzene rings is 2. The van der Waals surface area contributed by atoms with E-state index in [4.69, 9.17) is 17.3 Å². The molecule has 200 valence electrons. The van der Waals surface area contributed by atoms with Crippen LogP contribution >= 0.6 is 11.6 Å². The number of nitrogen functional groups attached to an aromatic ring is 1. The van der Waals surface area contributed by atoms with E-state index < -0.39 is 64.0 Å². The molecule has 2 aromatic carbocycles. The number of fused-ring (bicyclic) bond motifs is 1. The van der Waals surface area contributed by atoms with Gasteiger partial charge in [0, 0.05) is 17.3 Å². The average molecular weight is 562 g/mol. The van der Waals surface area contributed by atoms with Gasteiger partial charge < -0.3 is 16.2 Å². The molecule has 0 bridgehead atoms. The number of pyridine rings is 1. The number of carbonyl (C=O) groups is 1.